The molecule has 4 nitrogen and oxygen atoms in total. The highest BCUT2D eigenvalue weighted by Crippen LogP contribution is 2.26. The molecule has 0 bridgehead atoms. The number of pyridine rings is 1. The Balaban J connectivity index is 2.13. The number of hydrogen-bond acceptors (Lipinski definition) is 3. The minimum absolute atomic E-state index is 0.00523. The molecule has 102 valence electrons. The van der Waals surface area contributed by atoms with E-state index in [2.05, 4.69) is 46.8 Å². The van der Waals surface area contributed by atoms with Crippen molar-refractivity contribution >= 4 is 23.1 Å². The van der Waals surface area contributed by atoms with Gasteiger partial charge in [0.25, 0.3) is 0 Å². The standard InChI is InChI=1S/C15H16N4S/c1-15(2,3)13-6-10(17-8-18-13)11-4-9-5-14(20)16-7-12(9)19-11/h4-8,19H,1-3H3,(H,16,20). The van der Waals surface area contributed by atoms with Gasteiger partial charge in [-0.3, -0.25) is 0 Å². The third-order valence-electron chi connectivity index (χ3n) is 3.24. The molecule has 5 heteroatoms. The van der Waals surface area contributed by atoms with Gasteiger partial charge in [-0.2, -0.15) is 0 Å². The second-order valence-electron chi connectivity index (χ2n) is 5.89. The van der Waals surface area contributed by atoms with Crippen LogP contribution in [0.5, 0.6) is 0 Å². The summed E-state index contributed by atoms with van der Waals surface area (Å²) in [4.78, 5) is 15.1. The van der Waals surface area contributed by atoms with E-state index in [0.29, 0.717) is 0 Å². The number of H-pyrrole nitrogens is 2. The van der Waals surface area contributed by atoms with Gasteiger partial charge in [0.2, 0.25) is 0 Å². The van der Waals surface area contributed by atoms with E-state index >= 15 is 0 Å². The molecule has 0 spiro atoms. The molecule has 0 unspecified atom stereocenters. The van der Waals surface area contributed by atoms with Gasteiger partial charge in [-0.25, -0.2) is 9.97 Å². The van der Waals surface area contributed by atoms with Gasteiger partial charge in [-0.1, -0.05) is 33.0 Å². The zero-order valence-electron chi connectivity index (χ0n) is 11.7. The normalized spacial score (nSPS) is 11.9. The maximum atomic E-state index is 5.14. The topological polar surface area (TPSA) is 57.4 Å². The minimum Gasteiger partial charge on any atom is -0.352 e. The molecular weight excluding hydrogens is 268 g/mol. The monoisotopic (exact) mass is 284 g/mol. The number of fused-ring (bicyclic) bond motifs is 1. The molecule has 0 aliphatic heterocycles. The molecule has 3 rings (SSSR count). The lowest BCUT2D eigenvalue weighted by Crippen LogP contribution is -2.13. The maximum Gasteiger partial charge on any atom is 0.116 e. The van der Waals surface area contributed by atoms with Crippen LogP contribution in [-0.4, -0.2) is 19.9 Å². The van der Waals surface area contributed by atoms with Crippen LogP contribution in [0, 0.1) is 4.64 Å². The highest BCUT2D eigenvalue weighted by molar-refractivity contribution is 7.71. The molecule has 3 aromatic heterocycles. The first kappa shape index (κ1) is 13.0. The number of nitrogens with zero attached hydrogens (tertiary/aromatic N) is 2. The van der Waals surface area contributed by atoms with Crippen LogP contribution < -0.4 is 0 Å². The van der Waals surface area contributed by atoms with Crippen molar-refractivity contribution in [3.8, 4) is 11.4 Å². The molecule has 0 fully saturated rings. The molecule has 0 radical (unpaired) electrons. The van der Waals surface area contributed by atoms with E-state index in [-0.39, 0.29) is 5.41 Å². The van der Waals surface area contributed by atoms with E-state index in [1.54, 1.807) is 6.33 Å². The number of aromatic amines is 2. The molecule has 3 heterocycles. The van der Waals surface area contributed by atoms with E-state index in [1.807, 2.05) is 18.3 Å². The summed E-state index contributed by atoms with van der Waals surface area (Å²) >= 11 is 5.14. The van der Waals surface area contributed by atoms with Crippen LogP contribution in [0.15, 0.2) is 30.7 Å². The summed E-state index contributed by atoms with van der Waals surface area (Å²) in [6.45, 7) is 6.42. The highest BCUT2D eigenvalue weighted by atomic mass is 32.1. The van der Waals surface area contributed by atoms with E-state index in [1.165, 1.54) is 0 Å². The van der Waals surface area contributed by atoms with Crippen molar-refractivity contribution < 1.29 is 0 Å². The molecule has 3 aromatic rings. The summed E-state index contributed by atoms with van der Waals surface area (Å²) in [7, 11) is 0. The van der Waals surface area contributed by atoms with Gasteiger partial charge in [0.1, 0.15) is 11.0 Å². The van der Waals surface area contributed by atoms with Crippen molar-refractivity contribution in [2.24, 2.45) is 0 Å². The van der Waals surface area contributed by atoms with Gasteiger partial charge in [-0.05, 0) is 18.2 Å². The molecule has 0 atom stereocenters. The Labute approximate surface area is 122 Å². The molecule has 0 amide bonds. The summed E-state index contributed by atoms with van der Waals surface area (Å²) in [5, 5.41) is 1.08. The van der Waals surface area contributed by atoms with Crippen LogP contribution in [0.3, 0.4) is 0 Å². The molecule has 0 saturated carbocycles. The van der Waals surface area contributed by atoms with Crippen molar-refractivity contribution in [3.63, 3.8) is 0 Å². The Morgan fingerprint density at radius 2 is 1.90 bits per heavy atom. The van der Waals surface area contributed by atoms with Crippen molar-refractivity contribution in [2.45, 2.75) is 26.2 Å². The lowest BCUT2D eigenvalue weighted by atomic mass is 9.91. The zero-order valence-corrected chi connectivity index (χ0v) is 12.5. The van der Waals surface area contributed by atoms with E-state index in [4.69, 9.17) is 12.2 Å². The predicted molar refractivity (Wildman–Crippen MR) is 83.2 cm³/mol. The third kappa shape index (κ3) is 2.36. The van der Waals surface area contributed by atoms with Crippen LogP contribution >= 0.6 is 12.2 Å². The van der Waals surface area contributed by atoms with Crippen molar-refractivity contribution in [3.05, 3.63) is 41.1 Å². The zero-order chi connectivity index (χ0) is 14.3. The fraction of sp³-hybridized carbons (Fsp3) is 0.267. The van der Waals surface area contributed by atoms with Crippen LogP contribution in [0.1, 0.15) is 26.5 Å². The molecule has 0 aliphatic rings. The molecule has 0 saturated heterocycles. The lowest BCUT2D eigenvalue weighted by Gasteiger charge is -2.17. The third-order valence-corrected chi connectivity index (χ3v) is 3.47. The molecular formula is C15H16N4S. The van der Waals surface area contributed by atoms with E-state index < -0.39 is 0 Å². The number of hydrogen-bond donors (Lipinski definition) is 2. The summed E-state index contributed by atoms with van der Waals surface area (Å²) in [6.07, 6.45) is 3.50. The summed E-state index contributed by atoms with van der Waals surface area (Å²) in [5.41, 5.74) is 3.92. The largest absolute Gasteiger partial charge is 0.352 e. The van der Waals surface area contributed by atoms with E-state index in [0.717, 1.165) is 32.6 Å². The molecule has 0 aliphatic carbocycles. The Morgan fingerprint density at radius 1 is 1.10 bits per heavy atom. The number of nitrogens with one attached hydrogen (secondary N) is 2. The van der Waals surface area contributed by atoms with Crippen LogP contribution in [0.25, 0.3) is 22.3 Å². The number of aromatic nitrogens is 4. The Kier molecular flexibility index (Phi) is 2.94. The van der Waals surface area contributed by atoms with Gasteiger partial charge in [0.05, 0.1) is 16.9 Å². The van der Waals surface area contributed by atoms with Gasteiger partial charge in [0, 0.05) is 22.7 Å². The van der Waals surface area contributed by atoms with Crippen LogP contribution in [0.4, 0.5) is 0 Å². The van der Waals surface area contributed by atoms with Gasteiger partial charge in [-0.15, -0.1) is 0 Å². The molecule has 2 N–H and O–H groups in total. The summed E-state index contributed by atoms with van der Waals surface area (Å²) in [6, 6.07) is 6.04. The van der Waals surface area contributed by atoms with Crippen molar-refractivity contribution in [1.82, 2.24) is 19.9 Å². The average Bonchev–Trinajstić information content (AvgIpc) is 2.81. The average molecular weight is 284 g/mol. The maximum absolute atomic E-state index is 5.14. The Hall–Kier alpha value is -2.01. The SMILES string of the molecule is CC(C)(C)c1cc(-c2cc3cc(=S)[nH]cc3[nH]2)ncn1. The second-order valence-corrected chi connectivity index (χ2v) is 6.33. The first-order valence-corrected chi connectivity index (χ1v) is 6.89. The quantitative estimate of drug-likeness (QED) is 0.664. The van der Waals surface area contributed by atoms with Crippen molar-refractivity contribution in [2.75, 3.05) is 0 Å². The molecule has 20 heavy (non-hydrogen) atoms. The Bertz CT molecular complexity index is 823. The van der Waals surface area contributed by atoms with Gasteiger partial charge in [0.15, 0.2) is 0 Å². The fourth-order valence-electron chi connectivity index (χ4n) is 2.10. The smallest absolute Gasteiger partial charge is 0.116 e. The lowest BCUT2D eigenvalue weighted by molar-refractivity contribution is 0.567. The van der Waals surface area contributed by atoms with Crippen LogP contribution in [-0.2, 0) is 5.41 Å². The van der Waals surface area contributed by atoms with Crippen molar-refractivity contribution in [1.29, 1.82) is 0 Å². The predicted octanol–water partition coefficient (Wildman–Crippen LogP) is 3.98. The number of rotatable bonds is 1. The first-order valence-electron chi connectivity index (χ1n) is 6.48. The second kappa shape index (κ2) is 4.52. The first-order chi connectivity index (χ1) is 9.43. The Morgan fingerprint density at radius 3 is 2.65 bits per heavy atom. The van der Waals surface area contributed by atoms with Crippen LogP contribution in [0.2, 0.25) is 0 Å². The van der Waals surface area contributed by atoms with E-state index in [9.17, 15) is 0 Å². The summed E-state index contributed by atoms with van der Waals surface area (Å²) in [5.74, 6) is 0. The fourth-order valence-corrected chi connectivity index (χ4v) is 2.29. The minimum atomic E-state index is 0.00523. The summed E-state index contributed by atoms with van der Waals surface area (Å²) < 4.78 is 0.723. The van der Waals surface area contributed by atoms with Gasteiger partial charge < -0.3 is 9.97 Å². The highest BCUT2D eigenvalue weighted by Gasteiger charge is 2.16. The molecule has 0 aromatic carbocycles. The van der Waals surface area contributed by atoms with Gasteiger partial charge >= 0.3 is 0 Å².